The lowest BCUT2D eigenvalue weighted by molar-refractivity contribution is 0.00182. The summed E-state index contributed by atoms with van der Waals surface area (Å²) in [5, 5.41) is 1.18. The molecule has 4 rings (SSSR count). The van der Waals surface area contributed by atoms with Crippen LogP contribution in [0, 0.1) is 20.8 Å². The number of aryl methyl sites for hydroxylation is 3. The van der Waals surface area contributed by atoms with Gasteiger partial charge in [0.25, 0.3) is 5.91 Å². The molecular weight excluding hydrogens is 310 g/mol. The maximum absolute atomic E-state index is 13.0. The van der Waals surface area contributed by atoms with Gasteiger partial charge in [-0.1, -0.05) is 18.1 Å². The summed E-state index contributed by atoms with van der Waals surface area (Å²) in [5.74, 6) is 0.159. The second kappa shape index (κ2) is 6.17. The molecule has 0 aliphatic carbocycles. The number of aromatic nitrogens is 1. The molecule has 25 heavy (non-hydrogen) atoms. The molecule has 1 N–H and O–H groups in total. The highest BCUT2D eigenvalue weighted by Gasteiger charge is 2.38. The first-order chi connectivity index (χ1) is 12.0. The fraction of sp³-hybridized carbons (Fsp3) is 0.571. The number of hydrogen-bond donors (Lipinski definition) is 1. The Morgan fingerprint density at radius 3 is 2.64 bits per heavy atom. The van der Waals surface area contributed by atoms with Gasteiger partial charge in [-0.25, -0.2) is 0 Å². The number of benzene rings is 1. The number of nitrogens with zero attached hydrogens (tertiary/aromatic N) is 2. The topological polar surface area (TPSA) is 39.3 Å². The Balaban J connectivity index is 1.52. The van der Waals surface area contributed by atoms with Crippen LogP contribution in [0.15, 0.2) is 12.1 Å². The minimum Gasteiger partial charge on any atom is -0.350 e. The van der Waals surface area contributed by atoms with Crippen molar-refractivity contribution in [2.45, 2.75) is 59.0 Å². The quantitative estimate of drug-likeness (QED) is 0.904. The summed E-state index contributed by atoms with van der Waals surface area (Å²) in [5.41, 5.74) is 5.42. The van der Waals surface area contributed by atoms with E-state index < -0.39 is 0 Å². The van der Waals surface area contributed by atoms with E-state index in [1.165, 1.54) is 42.3 Å². The fourth-order valence-electron chi connectivity index (χ4n) is 4.65. The Morgan fingerprint density at radius 1 is 1.16 bits per heavy atom. The molecule has 134 valence electrons. The normalized spacial score (nSPS) is 22.4. The van der Waals surface area contributed by atoms with E-state index in [0.717, 1.165) is 29.9 Å². The van der Waals surface area contributed by atoms with Crippen molar-refractivity contribution in [1.82, 2.24) is 14.8 Å². The van der Waals surface area contributed by atoms with Crippen LogP contribution in [0.2, 0.25) is 0 Å². The van der Waals surface area contributed by atoms with Crippen molar-refractivity contribution in [1.29, 1.82) is 0 Å². The SMILES string of the molecule is Cc1cc(C)c2[nH]c(C(=O)N3CC(N4CCCCC4C)C3)c(C)c2c1. The van der Waals surface area contributed by atoms with Gasteiger partial charge < -0.3 is 9.88 Å². The molecule has 1 aromatic heterocycles. The van der Waals surface area contributed by atoms with E-state index >= 15 is 0 Å². The molecular formula is C21H29N3O. The third-order valence-corrected chi connectivity index (χ3v) is 6.20. The van der Waals surface area contributed by atoms with Gasteiger partial charge in [0.2, 0.25) is 0 Å². The van der Waals surface area contributed by atoms with Gasteiger partial charge >= 0.3 is 0 Å². The first kappa shape index (κ1) is 16.6. The largest absolute Gasteiger partial charge is 0.350 e. The molecule has 2 aromatic rings. The molecule has 0 bridgehead atoms. The molecule has 4 nitrogen and oxygen atoms in total. The molecule has 3 heterocycles. The Bertz CT molecular complexity index is 816. The van der Waals surface area contributed by atoms with Gasteiger partial charge in [-0.05, 0) is 64.3 Å². The van der Waals surface area contributed by atoms with Crippen molar-refractivity contribution in [3.8, 4) is 0 Å². The molecule has 1 aromatic carbocycles. The second-order valence-electron chi connectivity index (χ2n) is 8.08. The summed E-state index contributed by atoms with van der Waals surface area (Å²) < 4.78 is 0. The summed E-state index contributed by atoms with van der Waals surface area (Å²) in [6.07, 6.45) is 3.94. The predicted molar refractivity (Wildman–Crippen MR) is 102 cm³/mol. The second-order valence-corrected chi connectivity index (χ2v) is 8.08. The Kier molecular flexibility index (Phi) is 4.11. The highest BCUT2D eigenvalue weighted by Crippen LogP contribution is 2.29. The average molecular weight is 339 g/mol. The Labute approximate surface area is 150 Å². The van der Waals surface area contributed by atoms with Crippen molar-refractivity contribution in [3.63, 3.8) is 0 Å². The van der Waals surface area contributed by atoms with Crippen molar-refractivity contribution >= 4 is 16.8 Å². The number of fused-ring (bicyclic) bond motifs is 1. The number of likely N-dealkylation sites (tertiary alicyclic amines) is 2. The highest BCUT2D eigenvalue weighted by atomic mass is 16.2. The molecule has 2 aliphatic heterocycles. The van der Waals surface area contributed by atoms with Gasteiger partial charge in [-0.2, -0.15) is 0 Å². The number of carbonyl (C=O) groups excluding carboxylic acids is 1. The van der Waals surface area contributed by atoms with Crippen LogP contribution >= 0.6 is 0 Å². The summed E-state index contributed by atoms with van der Waals surface area (Å²) in [7, 11) is 0. The molecule has 0 saturated carbocycles. The highest BCUT2D eigenvalue weighted by molar-refractivity contribution is 6.02. The van der Waals surface area contributed by atoms with E-state index in [-0.39, 0.29) is 5.91 Å². The zero-order valence-corrected chi connectivity index (χ0v) is 15.9. The predicted octanol–water partition coefficient (Wildman–Crippen LogP) is 3.79. The standard InChI is InChI=1S/C21H29N3O/c1-13-9-14(2)19-18(10-13)16(4)20(22-19)21(25)23-11-17(12-23)24-8-6-5-7-15(24)3/h9-10,15,17,22H,5-8,11-12H2,1-4H3. The first-order valence-electron chi connectivity index (χ1n) is 9.60. The average Bonchev–Trinajstić information content (AvgIpc) is 2.85. The van der Waals surface area contributed by atoms with Crippen LogP contribution in [0.5, 0.6) is 0 Å². The number of nitrogens with one attached hydrogen (secondary N) is 1. The monoisotopic (exact) mass is 339 g/mol. The number of hydrogen-bond acceptors (Lipinski definition) is 2. The molecule has 1 unspecified atom stereocenters. The van der Waals surface area contributed by atoms with E-state index in [9.17, 15) is 4.79 Å². The molecule has 0 radical (unpaired) electrons. The van der Waals surface area contributed by atoms with Crippen LogP contribution in [-0.4, -0.2) is 52.4 Å². The van der Waals surface area contributed by atoms with E-state index in [2.05, 4.69) is 49.7 Å². The maximum atomic E-state index is 13.0. The molecule has 4 heteroatoms. The van der Waals surface area contributed by atoms with E-state index in [0.29, 0.717) is 12.1 Å². The van der Waals surface area contributed by atoms with Gasteiger partial charge in [0.1, 0.15) is 5.69 Å². The van der Waals surface area contributed by atoms with Crippen LogP contribution in [0.25, 0.3) is 10.9 Å². The lowest BCUT2D eigenvalue weighted by Gasteiger charge is -2.49. The lowest BCUT2D eigenvalue weighted by Crippen LogP contribution is -2.63. The summed E-state index contributed by atoms with van der Waals surface area (Å²) in [6.45, 7) is 11.5. The van der Waals surface area contributed by atoms with Gasteiger partial charge in [-0.15, -0.1) is 0 Å². The van der Waals surface area contributed by atoms with Crippen LogP contribution < -0.4 is 0 Å². The summed E-state index contributed by atoms with van der Waals surface area (Å²) in [6, 6.07) is 5.56. The number of rotatable bonds is 2. The van der Waals surface area contributed by atoms with Gasteiger partial charge in [0.05, 0.1) is 0 Å². The van der Waals surface area contributed by atoms with Crippen molar-refractivity contribution in [2.75, 3.05) is 19.6 Å². The third-order valence-electron chi connectivity index (χ3n) is 6.20. The van der Waals surface area contributed by atoms with E-state index in [1.807, 2.05) is 4.90 Å². The summed E-state index contributed by atoms with van der Waals surface area (Å²) in [4.78, 5) is 21.0. The number of carbonyl (C=O) groups is 1. The van der Waals surface area contributed by atoms with Gasteiger partial charge in [0.15, 0.2) is 0 Å². The fourth-order valence-corrected chi connectivity index (χ4v) is 4.65. The summed E-state index contributed by atoms with van der Waals surface area (Å²) >= 11 is 0. The zero-order valence-electron chi connectivity index (χ0n) is 15.9. The molecule has 2 saturated heterocycles. The number of aromatic amines is 1. The number of H-pyrrole nitrogens is 1. The van der Waals surface area contributed by atoms with Crippen LogP contribution in [0.1, 0.15) is 53.4 Å². The Morgan fingerprint density at radius 2 is 1.92 bits per heavy atom. The molecule has 0 spiro atoms. The zero-order chi connectivity index (χ0) is 17.7. The Hall–Kier alpha value is -1.81. The minimum absolute atomic E-state index is 0.159. The molecule has 1 amide bonds. The van der Waals surface area contributed by atoms with Crippen LogP contribution in [0.4, 0.5) is 0 Å². The van der Waals surface area contributed by atoms with Crippen molar-refractivity contribution < 1.29 is 4.79 Å². The van der Waals surface area contributed by atoms with Crippen molar-refractivity contribution in [2.24, 2.45) is 0 Å². The molecule has 1 atom stereocenters. The van der Waals surface area contributed by atoms with Gasteiger partial charge in [0, 0.05) is 36.1 Å². The first-order valence-corrected chi connectivity index (χ1v) is 9.60. The van der Waals surface area contributed by atoms with Crippen molar-refractivity contribution in [3.05, 3.63) is 34.5 Å². The van der Waals surface area contributed by atoms with E-state index in [1.54, 1.807) is 0 Å². The lowest BCUT2D eigenvalue weighted by atomic mass is 9.97. The third kappa shape index (κ3) is 2.77. The molecule has 2 aliphatic rings. The van der Waals surface area contributed by atoms with Crippen LogP contribution in [-0.2, 0) is 0 Å². The van der Waals surface area contributed by atoms with Crippen LogP contribution in [0.3, 0.4) is 0 Å². The smallest absolute Gasteiger partial charge is 0.270 e. The maximum Gasteiger partial charge on any atom is 0.270 e. The van der Waals surface area contributed by atoms with E-state index in [4.69, 9.17) is 0 Å². The number of amides is 1. The van der Waals surface area contributed by atoms with Gasteiger partial charge in [-0.3, -0.25) is 9.69 Å². The minimum atomic E-state index is 0.159. The molecule has 2 fully saturated rings. The number of piperidine rings is 1.